The summed E-state index contributed by atoms with van der Waals surface area (Å²) in [5.74, 6) is -0.484. The van der Waals surface area contributed by atoms with Gasteiger partial charge in [0.2, 0.25) is 0 Å². The predicted octanol–water partition coefficient (Wildman–Crippen LogP) is 2.05. The fourth-order valence-corrected chi connectivity index (χ4v) is 1.12. The third kappa shape index (κ3) is 2.86. The van der Waals surface area contributed by atoms with Crippen molar-refractivity contribution < 1.29 is 14.3 Å². The summed E-state index contributed by atoms with van der Waals surface area (Å²) in [6.07, 6.45) is 2.59. The second-order valence-electron chi connectivity index (χ2n) is 2.83. The molecule has 0 aliphatic carbocycles. The maximum Gasteiger partial charge on any atom is 0.126 e. The molecule has 0 amide bonds. The van der Waals surface area contributed by atoms with E-state index in [-0.39, 0.29) is 5.75 Å². The van der Waals surface area contributed by atoms with Crippen LogP contribution in [0.3, 0.4) is 0 Å². The number of rotatable bonds is 4. The molecule has 0 radical (unpaired) electrons. The number of unbranched alkanes of at least 4 members (excludes halogenated alkanes) is 1. The van der Waals surface area contributed by atoms with Crippen LogP contribution in [0.25, 0.3) is 0 Å². The molecule has 13 heavy (non-hydrogen) atoms. The third-order valence-electron chi connectivity index (χ3n) is 1.82. The minimum atomic E-state index is -0.448. The van der Waals surface area contributed by atoms with Gasteiger partial charge in [0.05, 0.1) is 0 Å². The number of halogens is 1. The van der Waals surface area contributed by atoms with Gasteiger partial charge in [0, 0.05) is 12.5 Å². The largest absolute Gasteiger partial charge is 0.508 e. The van der Waals surface area contributed by atoms with Crippen LogP contribution in [0.2, 0.25) is 0 Å². The monoisotopic (exact) mass is 182 g/mol. The van der Waals surface area contributed by atoms with E-state index in [4.69, 9.17) is 0 Å². The van der Waals surface area contributed by atoms with Gasteiger partial charge in [-0.1, -0.05) is 6.07 Å². The number of phenols is 1. The van der Waals surface area contributed by atoms with Crippen molar-refractivity contribution in [2.75, 3.05) is 0 Å². The van der Waals surface area contributed by atoms with Crippen molar-refractivity contribution in [3.05, 3.63) is 29.6 Å². The van der Waals surface area contributed by atoms with Crippen molar-refractivity contribution in [2.45, 2.75) is 19.3 Å². The second kappa shape index (κ2) is 4.60. The van der Waals surface area contributed by atoms with Crippen LogP contribution >= 0.6 is 0 Å². The van der Waals surface area contributed by atoms with E-state index >= 15 is 0 Å². The average Bonchev–Trinajstić information content (AvgIpc) is 2.09. The highest BCUT2D eigenvalue weighted by atomic mass is 19.1. The number of benzene rings is 1. The lowest BCUT2D eigenvalue weighted by Crippen LogP contribution is -1.88. The maximum absolute atomic E-state index is 12.5. The second-order valence-corrected chi connectivity index (χ2v) is 2.83. The van der Waals surface area contributed by atoms with Crippen molar-refractivity contribution in [1.82, 2.24) is 0 Å². The van der Waals surface area contributed by atoms with Crippen molar-refractivity contribution in [1.29, 1.82) is 0 Å². The molecule has 0 saturated heterocycles. The topological polar surface area (TPSA) is 37.3 Å². The molecular formula is C10H11FO2. The Bertz CT molecular complexity index is 297. The molecule has 2 nitrogen and oxygen atoms in total. The smallest absolute Gasteiger partial charge is 0.126 e. The van der Waals surface area contributed by atoms with Crippen LogP contribution in [-0.2, 0) is 11.2 Å². The van der Waals surface area contributed by atoms with E-state index in [0.717, 1.165) is 12.4 Å². The number of hydrogen-bond acceptors (Lipinski definition) is 2. The number of aromatic hydroxyl groups is 1. The first-order valence-corrected chi connectivity index (χ1v) is 4.15. The van der Waals surface area contributed by atoms with Gasteiger partial charge in [-0.2, -0.15) is 0 Å². The van der Waals surface area contributed by atoms with Gasteiger partial charge in [-0.05, 0) is 24.5 Å². The van der Waals surface area contributed by atoms with Crippen LogP contribution < -0.4 is 0 Å². The molecule has 0 bridgehead atoms. The standard InChI is InChI=1S/C10H11FO2/c11-9-5-4-8(10(13)7-9)3-1-2-6-12/h4-7,13H,1-3H2. The van der Waals surface area contributed by atoms with Crippen LogP contribution in [0.5, 0.6) is 5.75 Å². The molecule has 0 unspecified atom stereocenters. The molecule has 0 heterocycles. The zero-order valence-corrected chi connectivity index (χ0v) is 7.16. The minimum absolute atomic E-state index is 0.0362. The zero-order chi connectivity index (χ0) is 9.68. The lowest BCUT2D eigenvalue weighted by Gasteiger charge is -2.02. The van der Waals surface area contributed by atoms with Crippen molar-refractivity contribution in [3.63, 3.8) is 0 Å². The average molecular weight is 182 g/mol. The maximum atomic E-state index is 12.5. The molecule has 70 valence electrons. The Morgan fingerprint density at radius 2 is 2.23 bits per heavy atom. The van der Waals surface area contributed by atoms with E-state index in [9.17, 15) is 14.3 Å². The summed E-state index contributed by atoms with van der Waals surface area (Å²) >= 11 is 0. The highest BCUT2D eigenvalue weighted by molar-refractivity contribution is 5.49. The molecular weight excluding hydrogens is 171 g/mol. The number of carbonyl (C=O) groups excluding carboxylic acids is 1. The van der Waals surface area contributed by atoms with Crippen LogP contribution in [0.4, 0.5) is 4.39 Å². The van der Waals surface area contributed by atoms with E-state index in [1.165, 1.54) is 12.1 Å². The highest BCUT2D eigenvalue weighted by Gasteiger charge is 2.01. The van der Waals surface area contributed by atoms with Gasteiger partial charge in [0.25, 0.3) is 0 Å². The van der Waals surface area contributed by atoms with E-state index in [0.29, 0.717) is 24.8 Å². The minimum Gasteiger partial charge on any atom is -0.508 e. The lowest BCUT2D eigenvalue weighted by molar-refractivity contribution is -0.107. The summed E-state index contributed by atoms with van der Waals surface area (Å²) < 4.78 is 12.5. The molecule has 0 aromatic heterocycles. The molecule has 1 rings (SSSR count). The van der Waals surface area contributed by atoms with Gasteiger partial charge >= 0.3 is 0 Å². The SMILES string of the molecule is O=CCCCc1ccc(F)cc1O. The summed E-state index contributed by atoms with van der Waals surface area (Å²) in [5.41, 5.74) is 0.684. The van der Waals surface area contributed by atoms with Crippen molar-refractivity contribution >= 4 is 6.29 Å². The Labute approximate surface area is 76.0 Å². The normalized spacial score (nSPS) is 9.92. The number of phenolic OH excluding ortho intramolecular Hbond substituents is 1. The summed E-state index contributed by atoms with van der Waals surface area (Å²) in [6.45, 7) is 0. The van der Waals surface area contributed by atoms with E-state index in [1.54, 1.807) is 0 Å². The molecule has 3 heteroatoms. The summed E-state index contributed by atoms with van der Waals surface area (Å²) in [6, 6.07) is 3.92. The zero-order valence-electron chi connectivity index (χ0n) is 7.16. The van der Waals surface area contributed by atoms with Crippen LogP contribution in [0.1, 0.15) is 18.4 Å². The first-order valence-electron chi connectivity index (χ1n) is 4.15. The highest BCUT2D eigenvalue weighted by Crippen LogP contribution is 2.19. The molecule has 1 N–H and O–H groups in total. The van der Waals surface area contributed by atoms with Crippen molar-refractivity contribution in [2.24, 2.45) is 0 Å². The Balaban J connectivity index is 2.61. The molecule has 0 atom stereocenters. The van der Waals surface area contributed by atoms with Crippen LogP contribution in [0, 0.1) is 5.82 Å². The van der Waals surface area contributed by atoms with Crippen LogP contribution in [0.15, 0.2) is 18.2 Å². The molecule has 0 aliphatic heterocycles. The molecule has 0 aliphatic rings. The Kier molecular flexibility index (Phi) is 3.43. The fraction of sp³-hybridized carbons (Fsp3) is 0.300. The Morgan fingerprint density at radius 1 is 1.46 bits per heavy atom. The number of aryl methyl sites for hydroxylation is 1. The van der Waals surface area contributed by atoms with E-state index in [1.807, 2.05) is 0 Å². The number of carbonyl (C=O) groups is 1. The number of hydrogen-bond donors (Lipinski definition) is 1. The third-order valence-corrected chi connectivity index (χ3v) is 1.82. The van der Waals surface area contributed by atoms with Gasteiger partial charge in [-0.3, -0.25) is 0 Å². The van der Waals surface area contributed by atoms with Gasteiger partial charge in [-0.25, -0.2) is 4.39 Å². The predicted molar refractivity (Wildman–Crippen MR) is 47.1 cm³/mol. The van der Waals surface area contributed by atoms with Gasteiger partial charge < -0.3 is 9.90 Å². The van der Waals surface area contributed by atoms with E-state index in [2.05, 4.69) is 0 Å². The first-order chi connectivity index (χ1) is 6.24. The molecule has 0 saturated carbocycles. The summed E-state index contributed by atoms with van der Waals surface area (Å²) in [5, 5.41) is 9.26. The quantitative estimate of drug-likeness (QED) is 0.571. The Hall–Kier alpha value is -1.38. The Morgan fingerprint density at radius 3 is 2.85 bits per heavy atom. The molecule has 0 spiro atoms. The van der Waals surface area contributed by atoms with Gasteiger partial charge in [0.1, 0.15) is 17.9 Å². The molecule has 1 aromatic carbocycles. The van der Waals surface area contributed by atoms with E-state index < -0.39 is 5.82 Å². The van der Waals surface area contributed by atoms with Crippen LogP contribution in [-0.4, -0.2) is 11.4 Å². The molecule has 1 aromatic rings. The van der Waals surface area contributed by atoms with Gasteiger partial charge in [0.15, 0.2) is 0 Å². The van der Waals surface area contributed by atoms with Crippen molar-refractivity contribution in [3.8, 4) is 5.75 Å². The van der Waals surface area contributed by atoms with Gasteiger partial charge in [-0.15, -0.1) is 0 Å². The summed E-state index contributed by atoms with van der Waals surface area (Å²) in [7, 11) is 0. The fourth-order valence-electron chi connectivity index (χ4n) is 1.12. The first kappa shape index (κ1) is 9.71. The summed E-state index contributed by atoms with van der Waals surface area (Å²) in [4.78, 5) is 10.0. The lowest BCUT2D eigenvalue weighted by atomic mass is 10.1. The molecule has 0 fully saturated rings. The number of aldehydes is 1.